The van der Waals surface area contributed by atoms with E-state index in [1.165, 1.54) is 26.4 Å². The Hall–Kier alpha value is -1.14. The van der Waals surface area contributed by atoms with Crippen LogP contribution in [0.3, 0.4) is 0 Å². The lowest BCUT2D eigenvalue weighted by Crippen LogP contribution is -2.57. The van der Waals surface area contributed by atoms with Crippen LogP contribution in [-0.4, -0.2) is 48.8 Å². The van der Waals surface area contributed by atoms with Crippen LogP contribution in [0.1, 0.15) is 38.5 Å². The summed E-state index contributed by atoms with van der Waals surface area (Å²) in [4.78, 5) is 23.2. The topological polar surface area (TPSA) is 87.7 Å². The highest BCUT2D eigenvalue weighted by atomic mass is 16.5. The zero-order valence-corrected chi connectivity index (χ0v) is 11.9. The van der Waals surface area contributed by atoms with E-state index in [1.54, 1.807) is 0 Å². The molecular formula is C14H24N2O4. The maximum absolute atomic E-state index is 12.2. The number of hydrogen-bond donors (Lipinski definition) is 3. The van der Waals surface area contributed by atoms with Crippen molar-refractivity contribution < 1.29 is 19.4 Å². The minimum Gasteiger partial charge on any atom is -0.480 e. The molecule has 6 heteroatoms. The van der Waals surface area contributed by atoms with Crippen molar-refractivity contribution in [2.75, 3.05) is 13.7 Å². The van der Waals surface area contributed by atoms with Crippen LogP contribution in [-0.2, 0) is 14.3 Å². The van der Waals surface area contributed by atoms with Crippen LogP contribution in [0.15, 0.2) is 0 Å². The molecule has 2 rings (SSSR count). The van der Waals surface area contributed by atoms with Crippen molar-refractivity contribution in [1.82, 2.24) is 10.6 Å². The van der Waals surface area contributed by atoms with E-state index in [2.05, 4.69) is 10.6 Å². The van der Waals surface area contributed by atoms with E-state index in [-0.39, 0.29) is 18.6 Å². The van der Waals surface area contributed by atoms with Crippen molar-refractivity contribution in [2.24, 2.45) is 5.92 Å². The van der Waals surface area contributed by atoms with Crippen LogP contribution < -0.4 is 10.6 Å². The lowest BCUT2D eigenvalue weighted by atomic mass is 9.77. The number of carbonyl (C=O) groups is 2. The summed E-state index contributed by atoms with van der Waals surface area (Å²) in [6, 6.07) is -0.828. The van der Waals surface area contributed by atoms with E-state index in [4.69, 9.17) is 9.84 Å². The van der Waals surface area contributed by atoms with Gasteiger partial charge in [0.05, 0.1) is 12.6 Å². The molecule has 1 aliphatic carbocycles. The summed E-state index contributed by atoms with van der Waals surface area (Å²) < 4.78 is 4.82. The van der Waals surface area contributed by atoms with Gasteiger partial charge in [-0.3, -0.25) is 4.79 Å². The molecule has 0 radical (unpaired) electrons. The molecule has 4 atom stereocenters. The molecule has 114 valence electrons. The van der Waals surface area contributed by atoms with Gasteiger partial charge in [0.2, 0.25) is 5.91 Å². The molecule has 1 saturated carbocycles. The van der Waals surface area contributed by atoms with Gasteiger partial charge in [-0.25, -0.2) is 4.79 Å². The van der Waals surface area contributed by atoms with Crippen molar-refractivity contribution in [3.63, 3.8) is 0 Å². The SMILES string of the molecule is COCC(NC(=O)C1CCC2CCCCC2N1)C(=O)O. The van der Waals surface area contributed by atoms with Gasteiger partial charge in [-0.05, 0) is 31.6 Å². The van der Waals surface area contributed by atoms with Crippen LogP contribution in [0.4, 0.5) is 0 Å². The summed E-state index contributed by atoms with van der Waals surface area (Å²) in [5, 5.41) is 15.0. The van der Waals surface area contributed by atoms with Gasteiger partial charge in [-0.1, -0.05) is 12.8 Å². The first-order valence-electron chi connectivity index (χ1n) is 7.40. The predicted molar refractivity (Wildman–Crippen MR) is 73.3 cm³/mol. The quantitative estimate of drug-likeness (QED) is 0.685. The number of piperidine rings is 1. The first kappa shape index (κ1) is 15.3. The molecule has 1 heterocycles. The van der Waals surface area contributed by atoms with Crippen molar-refractivity contribution >= 4 is 11.9 Å². The maximum Gasteiger partial charge on any atom is 0.328 e. The standard InChI is InChI=1S/C14H24N2O4/c1-20-8-12(14(18)19)16-13(17)11-7-6-9-4-2-3-5-10(9)15-11/h9-12,15H,2-8H2,1H3,(H,16,17)(H,18,19). The zero-order valence-electron chi connectivity index (χ0n) is 11.9. The number of methoxy groups -OCH3 is 1. The minimum atomic E-state index is -1.06. The van der Waals surface area contributed by atoms with Crippen LogP contribution >= 0.6 is 0 Å². The van der Waals surface area contributed by atoms with E-state index in [1.807, 2.05) is 0 Å². The van der Waals surface area contributed by atoms with Gasteiger partial charge in [0, 0.05) is 13.2 Å². The van der Waals surface area contributed by atoms with Crippen LogP contribution in [0.25, 0.3) is 0 Å². The summed E-state index contributed by atoms with van der Waals surface area (Å²) in [6.45, 7) is -0.0140. The van der Waals surface area contributed by atoms with E-state index in [0.29, 0.717) is 12.0 Å². The van der Waals surface area contributed by atoms with Crippen LogP contribution in [0, 0.1) is 5.92 Å². The van der Waals surface area contributed by atoms with Gasteiger partial charge < -0.3 is 20.5 Å². The smallest absolute Gasteiger partial charge is 0.328 e. The molecule has 0 aromatic carbocycles. The molecule has 0 aromatic rings. The summed E-state index contributed by atoms with van der Waals surface area (Å²) in [7, 11) is 1.42. The molecule has 1 saturated heterocycles. The molecule has 2 fully saturated rings. The Morgan fingerprint density at radius 3 is 2.75 bits per heavy atom. The molecule has 0 aromatic heterocycles. The molecule has 2 aliphatic rings. The number of aliphatic carboxylic acids is 1. The first-order valence-corrected chi connectivity index (χ1v) is 7.40. The Morgan fingerprint density at radius 1 is 1.30 bits per heavy atom. The summed E-state index contributed by atoms with van der Waals surface area (Å²) in [6.07, 6.45) is 6.70. The number of carbonyl (C=O) groups excluding carboxylic acids is 1. The van der Waals surface area contributed by atoms with Gasteiger partial charge in [0.25, 0.3) is 0 Å². The second-order valence-electron chi connectivity index (χ2n) is 5.80. The zero-order chi connectivity index (χ0) is 14.5. The van der Waals surface area contributed by atoms with Gasteiger partial charge in [0.15, 0.2) is 6.04 Å². The van der Waals surface area contributed by atoms with Crippen molar-refractivity contribution in [3.8, 4) is 0 Å². The number of ether oxygens (including phenoxy) is 1. The predicted octanol–water partition coefficient (Wildman–Crippen LogP) is 0.513. The summed E-state index contributed by atoms with van der Waals surface area (Å²) in [5.74, 6) is -0.605. The molecule has 3 N–H and O–H groups in total. The molecule has 1 amide bonds. The Balaban J connectivity index is 1.87. The molecule has 1 aliphatic heterocycles. The highest BCUT2D eigenvalue weighted by Crippen LogP contribution is 2.32. The average Bonchev–Trinajstić information content (AvgIpc) is 2.46. The number of carboxylic acids is 1. The summed E-state index contributed by atoms with van der Waals surface area (Å²) >= 11 is 0. The van der Waals surface area contributed by atoms with E-state index >= 15 is 0 Å². The summed E-state index contributed by atoms with van der Waals surface area (Å²) in [5.41, 5.74) is 0. The Kier molecular flexibility index (Phi) is 5.37. The fraction of sp³-hybridized carbons (Fsp3) is 0.857. The first-order chi connectivity index (χ1) is 9.61. The number of fused-ring (bicyclic) bond motifs is 1. The average molecular weight is 284 g/mol. The monoisotopic (exact) mass is 284 g/mol. The Morgan fingerprint density at radius 2 is 2.05 bits per heavy atom. The second kappa shape index (κ2) is 7.04. The fourth-order valence-corrected chi connectivity index (χ4v) is 3.32. The van der Waals surface area contributed by atoms with Gasteiger partial charge in [-0.2, -0.15) is 0 Å². The molecular weight excluding hydrogens is 260 g/mol. The number of carboxylic acid groups (broad SMARTS) is 1. The third-order valence-electron chi connectivity index (χ3n) is 4.41. The van der Waals surface area contributed by atoms with E-state index < -0.39 is 12.0 Å². The second-order valence-corrected chi connectivity index (χ2v) is 5.80. The minimum absolute atomic E-state index is 0.0140. The van der Waals surface area contributed by atoms with Crippen LogP contribution in [0.2, 0.25) is 0 Å². The molecule has 4 unspecified atom stereocenters. The lowest BCUT2D eigenvalue weighted by Gasteiger charge is -2.40. The van der Waals surface area contributed by atoms with Crippen LogP contribution in [0.5, 0.6) is 0 Å². The maximum atomic E-state index is 12.2. The van der Waals surface area contributed by atoms with E-state index in [0.717, 1.165) is 19.3 Å². The highest BCUT2D eigenvalue weighted by molar-refractivity contribution is 5.87. The lowest BCUT2D eigenvalue weighted by molar-refractivity contribution is -0.143. The fourth-order valence-electron chi connectivity index (χ4n) is 3.32. The number of hydrogen-bond acceptors (Lipinski definition) is 4. The molecule has 0 spiro atoms. The van der Waals surface area contributed by atoms with Gasteiger partial charge >= 0.3 is 5.97 Å². The number of rotatable bonds is 5. The van der Waals surface area contributed by atoms with Crippen molar-refractivity contribution in [3.05, 3.63) is 0 Å². The normalized spacial score (nSPS) is 31.1. The van der Waals surface area contributed by atoms with E-state index in [9.17, 15) is 9.59 Å². The van der Waals surface area contributed by atoms with Crippen molar-refractivity contribution in [2.45, 2.75) is 56.7 Å². The third-order valence-corrected chi connectivity index (χ3v) is 4.41. The Labute approximate surface area is 119 Å². The molecule has 6 nitrogen and oxygen atoms in total. The molecule has 20 heavy (non-hydrogen) atoms. The van der Waals surface area contributed by atoms with Gasteiger partial charge in [0.1, 0.15) is 0 Å². The van der Waals surface area contributed by atoms with Gasteiger partial charge in [-0.15, -0.1) is 0 Å². The van der Waals surface area contributed by atoms with Crippen molar-refractivity contribution in [1.29, 1.82) is 0 Å². The number of nitrogens with one attached hydrogen (secondary N) is 2. The largest absolute Gasteiger partial charge is 0.480 e. The molecule has 0 bridgehead atoms. The Bertz CT molecular complexity index is 361. The number of amides is 1. The third kappa shape index (κ3) is 3.70. The highest BCUT2D eigenvalue weighted by Gasteiger charge is 2.35.